The molecule has 0 aromatic heterocycles. The number of nitriles is 1. The van der Waals surface area contributed by atoms with Gasteiger partial charge < -0.3 is 4.90 Å². The summed E-state index contributed by atoms with van der Waals surface area (Å²) in [5, 5.41) is 10.4. The molecule has 0 aliphatic carbocycles. The van der Waals surface area contributed by atoms with Gasteiger partial charge in [-0.1, -0.05) is 33.6 Å². The van der Waals surface area contributed by atoms with Gasteiger partial charge in [0.05, 0.1) is 22.7 Å². The third kappa shape index (κ3) is 3.90. The summed E-state index contributed by atoms with van der Waals surface area (Å²) in [4.78, 5) is 2.13. The van der Waals surface area contributed by atoms with Crippen molar-refractivity contribution in [1.29, 1.82) is 5.26 Å². The number of rotatable bonds is 5. The van der Waals surface area contributed by atoms with Crippen LogP contribution in [0.2, 0.25) is 5.02 Å². The minimum absolute atomic E-state index is 0.00173. The number of nitrogens with zero attached hydrogens (tertiary/aromatic N) is 2. The number of anilines is 1. The van der Waals surface area contributed by atoms with E-state index in [1.807, 2.05) is 19.1 Å². The van der Waals surface area contributed by atoms with Gasteiger partial charge in [-0.15, -0.1) is 0 Å². The lowest BCUT2D eigenvalue weighted by molar-refractivity contribution is 0.686. The summed E-state index contributed by atoms with van der Waals surface area (Å²) in [6.45, 7) is 5.54. The van der Waals surface area contributed by atoms with Crippen molar-refractivity contribution in [1.82, 2.24) is 0 Å². The molecule has 0 fully saturated rings. The van der Waals surface area contributed by atoms with E-state index in [1.54, 1.807) is 0 Å². The molecule has 0 aliphatic heterocycles. The molecule has 0 N–H and O–H groups in total. The Hall–Kier alpha value is -0.720. The van der Waals surface area contributed by atoms with Gasteiger partial charge in [0, 0.05) is 18.4 Å². The Labute approximate surface area is 116 Å². The van der Waals surface area contributed by atoms with E-state index < -0.39 is 0 Å². The molecule has 0 amide bonds. The second-order valence-corrected chi connectivity index (χ2v) is 4.96. The Balaban J connectivity index is 2.93. The number of hydrogen-bond donors (Lipinski definition) is 0. The molecule has 17 heavy (non-hydrogen) atoms. The molecule has 0 bridgehead atoms. The molecule has 92 valence electrons. The highest BCUT2D eigenvalue weighted by atomic mass is 79.9. The fourth-order valence-corrected chi connectivity index (χ4v) is 2.33. The van der Waals surface area contributed by atoms with E-state index in [2.05, 4.69) is 39.9 Å². The topological polar surface area (TPSA) is 27.0 Å². The van der Waals surface area contributed by atoms with Crippen molar-refractivity contribution in [3.63, 3.8) is 0 Å². The fraction of sp³-hybridized carbons (Fsp3) is 0.462. The number of benzene rings is 1. The van der Waals surface area contributed by atoms with Crippen molar-refractivity contribution in [2.45, 2.75) is 19.2 Å². The highest BCUT2D eigenvalue weighted by Crippen LogP contribution is 2.28. The summed E-state index contributed by atoms with van der Waals surface area (Å²) >= 11 is 9.67. The van der Waals surface area contributed by atoms with Gasteiger partial charge in [-0.3, -0.25) is 0 Å². The van der Waals surface area contributed by atoms with Gasteiger partial charge in [-0.25, -0.2) is 0 Å². The van der Waals surface area contributed by atoms with Crippen LogP contribution in [-0.4, -0.2) is 13.1 Å². The van der Waals surface area contributed by atoms with Gasteiger partial charge in [0.15, 0.2) is 0 Å². The molecule has 2 nitrogen and oxygen atoms in total. The number of alkyl halides is 1. The molecule has 1 aromatic rings. The second kappa shape index (κ2) is 6.88. The zero-order chi connectivity index (χ0) is 12.8. The third-order valence-electron chi connectivity index (χ3n) is 2.60. The molecule has 0 aliphatic rings. The smallest absolute Gasteiger partial charge is 0.0671 e. The molecule has 0 spiro atoms. The standard InChI is InChI=1S/C13H16BrClN2/c1-3-17(9-10(2)8-16)13-5-4-11(7-14)6-12(13)15/h4-6,10H,3,7,9H2,1-2H3. The lowest BCUT2D eigenvalue weighted by Crippen LogP contribution is -2.27. The van der Waals surface area contributed by atoms with Crippen LogP contribution < -0.4 is 4.90 Å². The minimum Gasteiger partial charge on any atom is -0.369 e. The van der Waals surface area contributed by atoms with Gasteiger partial charge >= 0.3 is 0 Å². The molecule has 0 radical (unpaired) electrons. The summed E-state index contributed by atoms with van der Waals surface area (Å²) in [6, 6.07) is 8.28. The molecule has 1 atom stereocenters. The van der Waals surface area contributed by atoms with Crippen LogP contribution in [0.3, 0.4) is 0 Å². The van der Waals surface area contributed by atoms with E-state index in [1.165, 1.54) is 0 Å². The fourth-order valence-electron chi connectivity index (χ4n) is 1.66. The number of halogens is 2. The monoisotopic (exact) mass is 314 g/mol. The first-order valence-electron chi connectivity index (χ1n) is 5.61. The molecule has 0 saturated heterocycles. The van der Waals surface area contributed by atoms with Crippen molar-refractivity contribution in [2.24, 2.45) is 5.92 Å². The SMILES string of the molecule is CCN(CC(C)C#N)c1ccc(CBr)cc1Cl. The second-order valence-electron chi connectivity index (χ2n) is 3.99. The summed E-state index contributed by atoms with van der Waals surface area (Å²) < 4.78 is 0. The highest BCUT2D eigenvalue weighted by molar-refractivity contribution is 9.08. The Morgan fingerprint density at radius 2 is 2.24 bits per heavy atom. The largest absolute Gasteiger partial charge is 0.369 e. The lowest BCUT2D eigenvalue weighted by atomic mass is 10.1. The van der Waals surface area contributed by atoms with E-state index in [-0.39, 0.29) is 5.92 Å². The minimum atomic E-state index is 0.00173. The van der Waals surface area contributed by atoms with Crippen molar-refractivity contribution in [3.8, 4) is 6.07 Å². The Bertz CT molecular complexity index is 414. The van der Waals surface area contributed by atoms with E-state index >= 15 is 0 Å². The van der Waals surface area contributed by atoms with Crippen molar-refractivity contribution >= 4 is 33.2 Å². The van der Waals surface area contributed by atoms with Crippen LogP contribution in [0, 0.1) is 17.2 Å². The van der Waals surface area contributed by atoms with E-state index in [0.717, 1.165) is 28.1 Å². The third-order valence-corrected chi connectivity index (χ3v) is 3.55. The first-order chi connectivity index (χ1) is 8.12. The Kier molecular flexibility index (Phi) is 5.80. The molecule has 1 rings (SSSR count). The maximum atomic E-state index is 8.86. The summed E-state index contributed by atoms with van der Waals surface area (Å²) in [7, 11) is 0. The van der Waals surface area contributed by atoms with Gasteiger partial charge in [-0.05, 0) is 31.5 Å². The van der Waals surface area contributed by atoms with Crippen molar-refractivity contribution < 1.29 is 0 Å². The number of hydrogen-bond acceptors (Lipinski definition) is 2. The van der Waals surface area contributed by atoms with E-state index in [4.69, 9.17) is 16.9 Å². The highest BCUT2D eigenvalue weighted by Gasteiger charge is 2.12. The quantitative estimate of drug-likeness (QED) is 0.761. The van der Waals surface area contributed by atoms with Gasteiger partial charge in [-0.2, -0.15) is 5.26 Å². The van der Waals surface area contributed by atoms with Crippen LogP contribution in [-0.2, 0) is 5.33 Å². The average Bonchev–Trinajstić information content (AvgIpc) is 2.35. The van der Waals surface area contributed by atoms with Crippen molar-refractivity contribution in [3.05, 3.63) is 28.8 Å². The van der Waals surface area contributed by atoms with Crippen LogP contribution in [0.4, 0.5) is 5.69 Å². The molecular weight excluding hydrogens is 300 g/mol. The van der Waals surface area contributed by atoms with Crippen LogP contribution >= 0.6 is 27.5 Å². The first-order valence-corrected chi connectivity index (χ1v) is 7.11. The normalized spacial score (nSPS) is 11.9. The molecule has 4 heteroatoms. The van der Waals surface area contributed by atoms with Crippen LogP contribution in [0.25, 0.3) is 0 Å². The van der Waals surface area contributed by atoms with Crippen LogP contribution in [0.5, 0.6) is 0 Å². The lowest BCUT2D eigenvalue weighted by Gasteiger charge is -2.25. The molecule has 0 heterocycles. The predicted octanol–water partition coefficient (Wildman–Crippen LogP) is 4.22. The maximum Gasteiger partial charge on any atom is 0.0671 e. The molecule has 0 saturated carbocycles. The molecular formula is C13H16BrClN2. The zero-order valence-corrected chi connectivity index (χ0v) is 12.4. The average molecular weight is 316 g/mol. The molecule has 1 unspecified atom stereocenters. The zero-order valence-electron chi connectivity index (χ0n) is 10.1. The van der Waals surface area contributed by atoms with Gasteiger partial charge in [0.25, 0.3) is 0 Å². The van der Waals surface area contributed by atoms with Crippen LogP contribution in [0.15, 0.2) is 18.2 Å². The van der Waals surface area contributed by atoms with Gasteiger partial charge in [0.2, 0.25) is 0 Å². The Morgan fingerprint density at radius 1 is 1.53 bits per heavy atom. The van der Waals surface area contributed by atoms with E-state index in [9.17, 15) is 0 Å². The Morgan fingerprint density at radius 3 is 2.71 bits per heavy atom. The van der Waals surface area contributed by atoms with E-state index in [0.29, 0.717) is 6.54 Å². The van der Waals surface area contributed by atoms with Crippen LogP contribution in [0.1, 0.15) is 19.4 Å². The summed E-state index contributed by atoms with van der Waals surface area (Å²) in [5.74, 6) is 0.00173. The maximum absolute atomic E-state index is 8.86. The molecule has 1 aromatic carbocycles. The van der Waals surface area contributed by atoms with Crippen molar-refractivity contribution in [2.75, 3.05) is 18.0 Å². The summed E-state index contributed by atoms with van der Waals surface area (Å²) in [5.41, 5.74) is 2.16. The first kappa shape index (κ1) is 14.3. The summed E-state index contributed by atoms with van der Waals surface area (Å²) in [6.07, 6.45) is 0. The van der Waals surface area contributed by atoms with Gasteiger partial charge in [0.1, 0.15) is 0 Å². The predicted molar refractivity (Wildman–Crippen MR) is 76.7 cm³/mol.